The molecule has 0 unspecified atom stereocenters. The summed E-state index contributed by atoms with van der Waals surface area (Å²) in [6, 6.07) is 11.6. The lowest BCUT2D eigenvalue weighted by atomic mass is 10.1. The summed E-state index contributed by atoms with van der Waals surface area (Å²) >= 11 is 7.60. The number of halogens is 1. The Bertz CT molecular complexity index is 682. The number of hydrogen-bond donors (Lipinski definition) is 1. The monoisotopic (exact) mass is 304 g/mol. The molecule has 0 aliphatic heterocycles. The number of aromatic carboxylic acids is 1. The summed E-state index contributed by atoms with van der Waals surface area (Å²) in [5.41, 5.74) is 3.03. The van der Waals surface area contributed by atoms with E-state index in [-0.39, 0.29) is 10.6 Å². The Balaban J connectivity index is 1.84. The van der Waals surface area contributed by atoms with Gasteiger partial charge >= 0.3 is 5.97 Å². The number of benzene rings is 2. The number of fused-ring (bicyclic) bond motifs is 1. The van der Waals surface area contributed by atoms with Crippen LogP contribution in [0.5, 0.6) is 0 Å². The van der Waals surface area contributed by atoms with E-state index in [2.05, 4.69) is 18.2 Å². The summed E-state index contributed by atoms with van der Waals surface area (Å²) in [4.78, 5) is 13.1. The van der Waals surface area contributed by atoms with Gasteiger partial charge in [-0.1, -0.05) is 29.4 Å². The van der Waals surface area contributed by atoms with Gasteiger partial charge in [-0.15, -0.1) is 0 Å². The van der Waals surface area contributed by atoms with Gasteiger partial charge in [-0.25, -0.2) is 4.79 Å². The standard InChI is InChI=1S/C16H13ClO2S/c17-15-9-13(6-7-14(15)16(18)19)20-12-5-4-10-2-1-3-11(10)8-12/h4-9H,1-3H2,(H,18,19). The number of aryl methyl sites for hydroxylation is 2. The number of hydrogen-bond acceptors (Lipinski definition) is 2. The summed E-state index contributed by atoms with van der Waals surface area (Å²) in [7, 11) is 0. The maximum Gasteiger partial charge on any atom is 0.337 e. The van der Waals surface area contributed by atoms with Crippen molar-refractivity contribution < 1.29 is 9.90 Å². The molecule has 0 aromatic heterocycles. The predicted molar refractivity (Wildman–Crippen MR) is 81.0 cm³/mol. The van der Waals surface area contributed by atoms with Crippen molar-refractivity contribution in [3.63, 3.8) is 0 Å². The SMILES string of the molecule is O=C(O)c1ccc(Sc2ccc3c(c2)CCC3)cc1Cl. The molecular weight excluding hydrogens is 292 g/mol. The quantitative estimate of drug-likeness (QED) is 0.894. The van der Waals surface area contributed by atoms with Crippen molar-refractivity contribution in [2.45, 2.75) is 29.1 Å². The molecule has 0 atom stereocenters. The van der Waals surface area contributed by atoms with Gasteiger partial charge in [0.1, 0.15) is 0 Å². The third kappa shape index (κ3) is 2.69. The molecule has 102 valence electrons. The first-order valence-corrected chi connectivity index (χ1v) is 7.65. The highest BCUT2D eigenvalue weighted by Crippen LogP contribution is 2.33. The zero-order chi connectivity index (χ0) is 14.1. The molecule has 0 radical (unpaired) electrons. The Hall–Kier alpha value is -1.45. The van der Waals surface area contributed by atoms with Crippen molar-refractivity contribution in [1.29, 1.82) is 0 Å². The van der Waals surface area contributed by atoms with E-state index >= 15 is 0 Å². The minimum atomic E-state index is -0.996. The van der Waals surface area contributed by atoms with Crippen LogP contribution in [-0.2, 0) is 12.8 Å². The Kier molecular flexibility index (Phi) is 3.72. The molecule has 0 amide bonds. The summed E-state index contributed by atoms with van der Waals surface area (Å²) < 4.78 is 0. The predicted octanol–water partition coefficient (Wildman–Crippen LogP) is 4.68. The van der Waals surface area contributed by atoms with Gasteiger partial charge in [0, 0.05) is 9.79 Å². The summed E-state index contributed by atoms with van der Waals surface area (Å²) in [5, 5.41) is 9.24. The van der Waals surface area contributed by atoms with Crippen LogP contribution in [0, 0.1) is 0 Å². The zero-order valence-corrected chi connectivity index (χ0v) is 12.3. The molecule has 2 aromatic carbocycles. The highest BCUT2D eigenvalue weighted by molar-refractivity contribution is 7.99. The molecule has 0 bridgehead atoms. The summed E-state index contributed by atoms with van der Waals surface area (Å²) in [5.74, 6) is -0.996. The van der Waals surface area contributed by atoms with Crippen LogP contribution in [0.15, 0.2) is 46.2 Å². The minimum Gasteiger partial charge on any atom is -0.478 e. The van der Waals surface area contributed by atoms with E-state index in [1.165, 1.54) is 28.9 Å². The van der Waals surface area contributed by atoms with Crippen molar-refractivity contribution in [3.8, 4) is 0 Å². The third-order valence-electron chi connectivity index (χ3n) is 3.48. The van der Waals surface area contributed by atoms with E-state index in [9.17, 15) is 4.79 Å². The maximum absolute atomic E-state index is 10.9. The van der Waals surface area contributed by atoms with E-state index in [0.717, 1.165) is 11.3 Å². The molecule has 0 saturated heterocycles. The molecule has 1 aliphatic carbocycles. The van der Waals surface area contributed by atoms with Crippen LogP contribution < -0.4 is 0 Å². The minimum absolute atomic E-state index is 0.143. The number of carboxylic acid groups (broad SMARTS) is 1. The first kappa shape index (κ1) is 13.5. The van der Waals surface area contributed by atoms with Crippen molar-refractivity contribution in [3.05, 3.63) is 58.1 Å². The molecule has 0 fully saturated rings. The highest BCUT2D eigenvalue weighted by Gasteiger charge is 2.12. The van der Waals surface area contributed by atoms with E-state index in [0.29, 0.717) is 0 Å². The van der Waals surface area contributed by atoms with E-state index in [4.69, 9.17) is 16.7 Å². The smallest absolute Gasteiger partial charge is 0.337 e. The highest BCUT2D eigenvalue weighted by atomic mass is 35.5. The van der Waals surface area contributed by atoms with Crippen molar-refractivity contribution in [1.82, 2.24) is 0 Å². The maximum atomic E-state index is 10.9. The van der Waals surface area contributed by atoms with Gasteiger partial charge in [0.2, 0.25) is 0 Å². The van der Waals surface area contributed by atoms with Crippen LogP contribution in [0.25, 0.3) is 0 Å². The van der Waals surface area contributed by atoms with Gasteiger partial charge < -0.3 is 5.11 Å². The first-order chi connectivity index (χ1) is 9.63. The molecule has 3 rings (SSSR count). The topological polar surface area (TPSA) is 37.3 Å². The molecule has 2 aromatic rings. The zero-order valence-electron chi connectivity index (χ0n) is 10.7. The van der Waals surface area contributed by atoms with Crippen LogP contribution in [0.4, 0.5) is 0 Å². The van der Waals surface area contributed by atoms with Gasteiger partial charge in [0.15, 0.2) is 0 Å². The van der Waals surface area contributed by atoms with Gasteiger partial charge in [-0.05, 0) is 60.7 Å². The molecule has 0 heterocycles. The molecule has 0 saturated carbocycles. The Morgan fingerprint density at radius 2 is 1.75 bits per heavy atom. The molecular formula is C16H13ClO2S. The molecule has 4 heteroatoms. The Labute approximate surface area is 126 Å². The second kappa shape index (κ2) is 5.51. The summed E-state index contributed by atoms with van der Waals surface area (Å²) in [6.07, 6.45) is 3.57. The van der Waals surface area contributed by atoms with Crippen molar-refractivity contribution >= 4 is 29.3 Å². The lowest BCUT2D eigenvalue weighted by Gasteiger charge is -2.06. The van der Waals surface area contributed by atoms with E-state index in [1.54, 1.807) is 30.0 Å². The van der Waals surface area contributed by atoms with Gasteiger partial charge in [-0.2, -0.15) is 0 Å². The largest absolute Gasteiger partial charge is 0.478 e. The lowest BCUT2D eigenvalue weighted by Crippen LogP contribution is -1.96. The fraction of sp³-hybridized carbons (Fsp3) is 0.188. The Morgan fingerprint density at radius 3 is 2.50 bits per heavy atom. The molecule has 0 spiro atoms. The Morgan fingerprint density at radius 1 is 1.05 bits per heavy atom. The van der Waals surface area contributed by atoms with Gasteiger partial charge in [0.05, 0.1) is 10.6 Å². The van der Waals surface area contributed by atoms with Crippen LogP contribution in [-0.4, -0.2) is 11.1 Å². The normalized spacial score (nSPS) is 13.2. The molecule has 1 N–H and O–H groups in total. The number of carboxylic acids is 1. The lowest BCUT2D eigenvalue weighted by molar-refractivity contribution is 0.0697. The van der Waals surface area contributed by atoms with Crippen molar-refractivity contribution in [2.24, 2.45) is 0 Å². The fourth-order valence-corrected chi connectivity index (χ4v) is 3.73. The average Bonchev–Trinajstić information content (AvgIpc) is 2.85. The van der Waals surface area contributed by atoms with E-state index < -0.39 is 5.97 Å². The fourth-order valence-electron chi connectivity index (χ4n) is 2.48. The van der Waals surface area contributed by atoms with Gasteiger partial charge in [-0.3, -0.25) is 0 Å². The van der Waals surface area contributed by atoms with Crippen LogP contribution in [0.1, 0.15) is 27.9 Å². The molecule has 2 nitrogen and oxygen atoms in total. The number of rotatable bonds is 3. The average molecular weight is 305 g/mol. The number of carbonyl (C=O) groups is 1. The van der Waals surface area contributed by atoms with Gasteiger partial charge in [0.25, 0.3) is 0 Å². The van der Waals surface area contributed by atoms with Crippen molar-refractivity contribution in [2.75, 3.05) is 0 Å². The van der Waals surface area contributed by atoms with E-state index in [1.807, 2.05) is 0 Å². The first-order valence-electron chi connectivity index (χ1n) is 6.46. The summed E-state index contributed by atoms with van der Waals surface area (Å²) in [6.45, 7) is 0. The van der Waals surface area contributed by atoms with Crippen LogP contribution >= 0.6 is 23.4 Å². The second-order valence-electron chi connectivity index (χ2n) is 4.83. The molecule has 1 aliphatic rings. The third-order valence-corrected chi connectivity index (χ3v) is 4.77. The van der Waals surface area contributed by atoms with Crippen LogP contribution in [0.3, 0.4) is 0 Å². The molecule has 20 heavy (non-hydrogen) atoms. The van der Waals surface area contributed by atoms with Crippen LogP contribution in [0.2, 0.25) is 5.02 Å². The second-order valence-corrected chi connectivity index (χ2v) is 6.39.